The van der Waals surface area contributed by atoms with Crippen LogP contribution in [0.25, 0.3) is 0 Å². The molecule has 2 aromatic rings. The van der Waals surface area contributed by atoms with E-state index in [1.54, 1.807) is 17.7 Å². The van der Waals surface area contributed by atoms with Crippen LogP contribution < -0.4 is 4.74 Å². The first-order valence-electron chi connectivity index (χ1n) is 7.34. The molecule has 1 aliphatic heterocycles. The molecular formula is C17H20N2O3. The Hall–Kier alpha value is -2.27. The number of ether oxygens (including phenoxy) is 1. The van der Waals surface area contributed by atoms with Gasteiger partial charge in [-0.1, -0.05) is 12.1 Å². The number of carboxylic acids is 1. The molecule has 22 heavy (non-hydrogen) atoms. The second-order valence-corrected chi connectivity index (χ2v) is 5.68. The molecule has 1 aromatic heterocycles. The molecule has 0 aliphatic carbocycles. The number of rotatable bonds is 4. The van der Waals surface area contributed by atoms with Gasteiger partial charge in [0.2, 0.25) is 0 Å². The molecule has 3 rings (SSSR count). The van der Waals surface area contributed by atoms with E-state index in [2.05, 4.69) is 11.0 Å². The lowest BCUT2D eigenvalue weighted by atomic mass is 10.1. The number of hydrogen-bond donors (Lipinski definition) is 1. The van der Waals surface area contributed by atoms with E-state index in [1.807, 2.05) is 25.2 Å². The number of methoxy groups -OCH3 is 1. The lowest BCUT2D eigenvalue weighted by Gasteiger charge is -2.27. The molecule has 0 saturated heterocycles. The van der Waals surface area contributed by atoms with Gasteiger partial charge in [0, 0.05) is 38.8 Å². The van der Waals surface area contributed by atoms with Crippen molar-refractivity contribution in [2.24, 2.45) is 7.05 Å². The number of aromatic nitrogens is 1. The van der Waals surface area contributed by atoms with Crippen LogP contribution in [0.1, 0.15) is 27.3 Å². The molecule has 1 N–H and O–H groups in total. The van der Waals surface area contributed by atoms with Crippen LogP contribution in [-0.4, -0.2) is 34.2 Å². The Kier molecular flexibility index (Phi) is 3.90. The maximum Gasteiger partial charge on any atom is 0.352 e. The van der Waals surface area contributed by atoms with Crippen LogP contribution in [0.15, 0.2) is 30.3 Å². The number of aromatic carboxylic acids is 1. The minimum absolute atomic E-state index is 0.369. The van der Waals surface area contributed by atoms with Gasteiger partial charge in [-0.2, -0.15) is 0 Å². The summed E-state index contributed by atoms with van der Waals surface area (Å²) in [5, 5.41) is 9.23. The maximum atomic E-state index is 11.2. The molecule has 2 heterocycles. The predicted octanol–water partition coefficient (Wildman–Crippen LogP) is 2.29. The Morgan fingerprint density at radius 1 is 1.36 bits per heavy atom. The topological polar surface area (TPSA) is 54.7 Å². The van der Waals surface area contributed by atoms with Gasteiger partial charge in [-0.15, -0.1) is 0 Å². The van der Waals surface area contributed by atoms with Crippen molar-refractivity contribution >= 4 is 5.97 Å². The maximum absolute atomic E-state index is 11.2. The van der Waals surface area contributed by atoms with Crippen LogP contribution in [0.5, 0.6) is 5.75 Å². The number of carbonyl (C=O) groups is 1. The number of nitrogens with zero attached hydrogens (tertiary/aromatic N) is 2. The van der Waals surface area contributed by atoms with E-state index in [9.17, 15) is 9.90 Å². The fourth-order valence-electron chi connectivity index (χ4n) is 3.12. The highest BCUT2D eigenvalue weighted by Crippen LogP contribution is 2.24. The highest BCUT2D eigenvalue weighted by Gasteiger charge is 2.23. The summed E-state index contributed by atoms with van der Waals surface area (Å²) in [5.41, 5.74) is 3.83. The van der Waals surface area contributed by atoms with E-state index in [1.165, 1.54) is 5.56 Å². The molecule has 1 aromatic carbocycles. The van der Waals surface area contributed by atoms with E-state index in [0.29, 0.717) is 5.69 Å². The molecule has 0 radical (unpaired) electrons. The van der Waals surface area contributed by atoms with E-state index in [-0.39, 0.29) is 0 Å². The third kappa shape index (κ3) is 2.72. The summed E-state index contributed by atoms with van der Waals surface area (Å²) in [6.45, 7) is 2.56. The monoisotopic (exact) mass is 300 g/mol. The number of fused-ring (bicyclic) bond motifs is 1. The summed E-state index contributed by atoms with van der Waals surface area (Å²) < 4.78 is 7.06. The quantitative estimate of drug-likeness (QED) is 0.941. The molecule has 5 heteroatoms. The van der Waals surface area contributed by atoms with Gasteiger partial charge in [0.05, 0.1) is 7.11 Å². The predicted molar refractivity (Wildman–Crippen MR) is 83.2 cm³/mol. The van der Waals surface area contributed by atoms with Gasteiger partial charge in [-0.05, 0) is 29.3 Å². The average Bonchev–Trinajstić information content (AvgIpc) is 2.84. The first-order chi connectivity index (χ1) is 10.6. The summed E-state index contributed by atoms with van der Waals surface area (Å²) in [4.78, 5) is 13.6. The molecule has 0 unspecified atom stereocenters. The van der Waals surface area contributed by atoms with Crippen LogP contribution in [-0.2, 0) is 26.6 Å². The van der Waals surface area contributed by atoms with Crippen molar-refractivity contribution in [1.29, 1.82) is 0 Å². The van der Waals surface area contributed by atoms with E-state index >= 15 is 0 Å². The van der Waals surface area contributed by atoms with Crippen molar-refractivity contribution in [3.05, 3.63) is 52.8 Å². The normalized spacial score (nSPS) is 14.6. The molecule has 116 valence electrons. The van der Waals surface area contributed by atoms with E-state index < -0.39 is 5.97 Å². The highest BCUT2D eigenvalue weighted by atomic mass is 16.5. The second-order valence-electron chi connectivity index (χ2n) is 5.68. The van der Waals surface area contributed by atoms with Gasteiger partial charge < -0.3 is 14.4 Å². The summed E-state index contributed by atoms with van der Waals surface area (Å²) in [5.74, 6) is -0.000631. The SMILES string of the molecule is COc1cccc(CN2CCc3c(cc(C(=O)O)n3C)C2)c1. The molecule has 0 atom stereocenters. The van der Waals surface area contributed by atoms with Crippen molar-refractivity contribution < 1.29 is 14.6 Å². The molecule has 0 saturated carbocycles. The van der Waals surface area contributed by atoms with Crippen molar-refractivity contribution in [2.75, 3.05) is 13.7 Å². The Labute approximate surface area is 129 Å². The van der Waals surface area contributed by atoms with Gasteiger partial charge >= 0.3 is 5.97 Å². The number of hydrogen-bond acceptors (Lipinski definition) is 3. The molecule has 0 bridgehead atoms. The van der Waals surface area contributed by atoms with Crippen molar-refractivity contribution in [3.8, 4) is 5.75 Å². The lowest BCUT2D eigenvalue weighted by Crippen LogP contribution is -2.30. The van der Waals surface area contributed by atoms with E-state index in [0.717, 1.165) is 43.1 Å². The van der Waals surface area contributed by atoms with Crippen LogP contribution >= 0.6 is 0 Å². The zero-order valence-electron chi connectivity index (χ0n) is 12.9. The standard InChI is InChI=1S/C17H20N2O3/c1-18-15-6-7-19(11-13(15)9-16(18)17(20)21)10-12-4-3-5-14(8-12)22-2/h3-5,8-9H,6-7,10-11H2,1-2H3,(H,20,21). The van der Waals surface area contributed by atoms with E-state index in [4.69, 9.17) is 4.74 Å². The summed E-state index contributed by atoms with van der Waals surface area (Å²) >= 11 is 0. The molecular weight excluding hydrogens is 280 g/mol. The van der Waals surface area contributed by atoms with Crippen LogP contribution in [0.3, 0.4) is 0 Å². The smallest absolute Gasteiger partial charge is 0.352 e. The Bertz CT molecular complexity index is 706. The van der Waals surface area contributed by atoms with Crippen LogP contribution in [0.4, 0.5) is 0 Å². The first kappa shape index (κ1) is 14.7. The minimum Gasteiger partial charge on any atom is -0.497 e. The second kappa shape index (κ2) is 5.85. The zero-order chi connectivity index (χ0) is 15.7. The third-order valence-electron chi connectivity index (χ3n) is 4.27. The summed E-state index contributed by atoms with van der Waals surface area (Å²) in [7, 11) is 3.50. The molecule has 1 aliphatic rings. The molecule has 0 amide bonds. The highest BCUT2D eigenvalue weighted by molar-refractivity contribution is 5.86. The largest absolute Gasteiger partial charge is 0.497 e. The Morgan fingerprint density at radius 3 is 2.91 bits per heavy atom. The van der Waals surface area contributed by atoms with Gasteiger partial charge in [-0.3, -0.25) is 4.90 Å². The average molecular weight is 300 g/mol. The zero-order valence-corrected chi connectivity index (χ0v) is 12.9. The third-order valence-corrected chi connectivity index (χ3v) is 4.27. The molecule has 0 fully saturated rings. The van der Waals surface area contributed by atoms with Gasteiger partial charge in [0.25, 0.3) is 0 Å². The first-order valence-corrected chi connectivity index (χ1v) is 7.34. The van der Waals surface area contributed by atoms with Crippen molar-refractivity contribution in [3.63, 3.8) is 0 Å². The number of carboxylic acid groups (broad SMARTS) is 1. The molecule has 0 spiro atoms. The van der Waals surface area contributed by atoms with Crippen molar-refractivity contribution in [2.45, 2.75) is 19.5 Å². The lowest BCUT2D eigenvalue weighted by molar-refractivity contribution is 0.0686. The fraction of sp³-hybridized carbons (Fsp3) is 0.353. The number of benzene rings is 1. The Morgan fingerprint density at radius 2 is 2.18 bits per heavy atom. The summed E-state index contributed by atoms with van der Waals surface area (Å²) in [6.07, 6.45) is 0.878. The Balaban J connectivity index is 1.76. The van der Waals surface area contributed by atoms with Gasteiger partial charge in [0.15, 0.2) is 0 Å². The molecule has 5 nitrogen and oxygen atoms in total. The van der Waals surface area contributed by atoms with Gasteiger partial charge in [-0.25, -0.2) is 4.79 Å². The van der Waals surface area contributed by atoms with Crippen LogP contribution in [0, 0.1) is 0 Å². The van der Waals surface area contributed by atoms with Crippen molar-refractivity contribution in [1.82, 2.24) is 9.47 Å². The minimum atomic E-state index is -0.865. The van der Waals surface area contributed by atoms with Crippen LogP contribution in [0.2, 0.25) is 0 Å². The van der Waals surface area contributed by atoms with Gasteiger partial charge in [0.1, 0.15) is 11.4 Å². The fourth-order valence-corrected chi connectivity index (χ4v) is 3.12. The summed E-state index contributed by atoms with van der Waals surface area (Å²) in [6, 6.07) is 9.87.